The van der Waals surface area contributed by atoms with E-state index in [1.54, 1.807) is 7.11 Å². The van der Waals surface area contributed by atoms with Gasteiger partial charge in [-0.2, -0.15) is 0 Å². The molecule has 0 radical (unpaired) electrons. The van der Waals surface area contributed by atoms with Gasteiger partial charge in [-0.1, -0.05) is 12.1 Å². The summed E-state index contributed by atoms with van der Waals surface area (Å²) in [7, 11) is 1.68. The fourth-order valence-corrected chi connectivity index (χ4v) is 3.44. The number of benzene rings is 2. The number of anilines is 1. The molecule has 1 aliphatic heterocycles. The van der Waals surface area contributed by atoms with E-state index in [0.717, 1.165) is 35.0 Å². The van der Waals surface area contributed by atoms with Gasteiger partial charge in [-0.25, -0.2) is 0 Å². The van der Waals surface area contributed by atoms with Crippen LogP contribution < -0.4 is 14.4 Å². The second kappa shape index (κ2) is 7.76. The van der Waals surface area contributed by atoms with Gasteiger partial charge in [0.25, 0.3) is 0 Å². The Balaban J connectivity index is 1.60. The maximum Gasteiger partial charge on any atom is 0.158 e. The van der Waals surface area contributed by atoms with E-state index in [9.17, 15) is 0 Å². The van der Waals surface area contributed by atoms with Crippen LogP contribution in [0.15, 0.2) is 67.0 Å². The molecule has 4 rings (SSSR count). The Morgan fingerprint density at radius 2 is 1.89 bits per heavy atom. The molecule has 1 aromatic heterocycles. The van der Waals surface area contributed by atoms with Crippen molar-refractivity contribution in [1.82, 2.24) is 4.57 Å². The topological polar surface area (TPSA) is 35.9 Å². The smallest absolute Gasteiger partial charge is 0.158 e. The van der Waals surface area contributed by atoms with Crippen LogP contribution in [-0.4, -0.2) is 31.4 Å². The third-order valence-electron chi connectivity index (χ3n) is 4.74. The van der Waals surface area contributed by atoms with Crippen LogP contribution in [0, 0.1) is 0 Å². The highest BCUT2D eigenvalue weighted by atomic mass is 16.5. The molecule has 1 fully saturated rings. The fourth-order valence-electron chi connectivity index (χ4n) is 3.44. The van der Waals surface area contributed by atoms with Gasteiger partial charge in [0.1, 0.15) is 11.5 Å². The second-order valence-corrected chi connectivity index (χ2v) is 6.37. The van der Waals surface area contributed by atoms with E-state index in [-0.39, 0.29) is 6.23 Å². The lowest BCUT2D eigenvalue weighted by Crippen LogP contribution is -2.22. The highest BCUT2D eigenvalue weighted by molar-refractivity contribution is 5.52. The van der Waals surface area contributed by atoms with E-state index in [1.165, 1.54) is 0 Å². The van der Waals surface area contributed by atoms with Gasteiger partial charge in [0.15, 0.2) is 6.23 Å². The molecule has 5 heteroatoms. The number of ether oxygens (including phenoxy) is 3. The lowest BCUT2D eigenvalue weighted by atomic mass is 10.2. The molecule has 1 atom stereocenters. The van der Waals surface area contributed by atoms with Crippen LogP contribution in [0.4, 0.5) is 5.69 Å². The number of nitrogens with zero attached hydrogens (tertiary/aromatic N) is 2. The summed E-state index contributed by atoms with van der Waals surface area (Å²) in [4.78, 5) is 2.27. The molecule has 5 nitrogen and oxygen atoms in total. The van der Waals surface area contributed by atoms with Crippen molar-refractivity contribution in [1.29, 1.82) is 0 Å². The van der Waals surface area contributed by atoms with Crippen molar-refractivity contribution in [2.45, 2.75) is 13.2 Å². The number of aromatic nitrogens is 1. The van der Waals surface area contributed by atoms with Gasteiger partial charge in [-0.3, -0.25) is 0 Å². The summed E-state index contributed by atoms with van der Waals surface area (Å²) >= 11 is 0. The van der Waals surface area contributed by atoms with Gasteiger partial charge in [-0.05, 0) is 49.4 Å². The molecule has 2 heterocycles. The summed E-state index contributed by atoms with van der Waals surface area (Å²) in [5, 5.41) is 0. The number of methoxy groups -OCH3 is 1. The Kier molecular flexibility index (Phi) is 5.03. The lowest BCUT2D eigenvalue weighted by Gasteiger charge is -2.24. The Bertz CT molecular complexity index is 889. The van der Waals surface area contributed by atoms with Crippen molar-refractivity contribution in [3.63, 3.8) is 0 Å². The van der Waals surface area contributed by atoms with Crippen LogP contribution in [0.25, 0.3) is 5.69 Å². The first-order valence-electron chi connectivity index (χ1n) is 9.22. The molecule has 1 aliphatic rings. The predicted octanol–water partition coefficient (Wildman–Crippen LogP) is 4.42. The third-order valence-corrected chi connectivity index (χ3v) is 4.74. The predicted molar refractivity (Wildman–Crippen MR) is 106 cm³/mol. The Morgan fingerprint density at radius 1 is 1.07 bits per heavy atom. The Hall–Kier alpha value is -2.92. The van der Waals surface area contributed by atoms with Gasteiger partial charge in [-0.15, -0.1) is 0 Å². The molecule has 0 amide bonds. The molecule has 1 unspecified atom stereocenters. The SMILES string of the molecule is CCOc1ccccc1-n1ccc(C2OCCN2c2ccc(OC)cc2)c1. The van der Waals surface area contributed by atoms with Gasteiger partial charge in [0.05, 0.1) is 26.0 Å². The largest absolute Gasteiger partial charge is 0.497 e. The van der Waals surface area contributed by atoms with Crippen molar-refractivity contribution in [3.8, 4) is 17.2 Å². The molecule has 27 heavy (non-hydrogen) atoms. The monoisotopic (exact) mass is 364 g/mol. The number of hydrogen-bond acceptors (Lipinski definition) is 4. The summed E-state index contributed by atoms with van der Waals surface area (Å²) < 4.78 is 19.2. The van der Waals surface area contributed by atoms with Crippen molar-refractivity contribution in [2.75, 3.05) is 31.8 Å². The molecular formula is C22H24N2O3. The van der Waals surface area contributed by atoms with Crippen molar-refractivity contribution in [2.24, 2.45) is 0 Å². The van der Waals surface area contributed by atoms with Crippen LogP contribution in [0.1, 0.15) is 18.7 Å². The van der Waals surface area contributed by atoms with Crippen LogP contribution in [-0.2, 0) is 4.74 Å². The van der Waals surface area contributed by atoms with Crippen LogP contribution in [0.3, 0.4) is 0 Å². The molecule has 0 spiro atoms. The van der Waals surface area contributed by atoms with Gasteiger partial charge in [0.2, 0.25) is 0 Å². The minimum atomic E-state index is -0.0982. The average molecular weight is 364 g/mol. The fraction of sp³-hybridized carbons (Fsp3) is 0.273. The van der Waals surface area contributed by atoms with Crippen LogP contribution >= 0.6 is 0 Å². The summed E-state index contributed by atoms with van der Waals surface area (Å²) in [6.45, 7) is 4.20. The first-order chi connectivity index (χ1) is 13.3. The molecule has 3 aromatic rings. The summed E-state index contributed by atoms with van der Waals surface area (Å²) in [6.07, 6.45) is 4.07. The molecule has 2 aromatic carbocycles. The van der Waals surface area contributed by atoms with Crippen molar-refractivity contribution < 1.29 is 14.2 Å². The highest BCUT2D eigenvalue weighted by Crippen LogP contribution is 2.34. The van der Waals surface area contributed by atoms with E-state index in [0.29, 0.717) is 13.2 Å². The molecular weight excluding hydrogens is 340 g/mol. The first kappa shape index (κ1) is 17.5. The van der Waals surface area contributed by atoms with E-state index in [4.69, 9.17) is 14.2 Å². The molecule has 0 aliphatic carbocycles. The van der Waals surface area contributed by atoms with Crippen LogP contribution in [0.5, 0.6) is 11.5 Å². The zero-order valence-electron chi connectivity index (χ0n) is 15.7. The standard InChI is InChI=1S/C22H24N2O3/c1-3-26-21-7-5-4-6-20(21)23-13-12-17(16-23)22-24(14-15-27-22)18-8-10-19(25-2)11-9-18/h4-13,16,22H,3,14-15H2,1-2H3. The minimum Gasteiger partial charge on any atom is -0.497 e. The number of para-hydroxylation sites is 2. The van der Waals surface area contributed by atoms with Crippen LogP contribution in [0.2, 0.25) is 0 Å². The summed E-state index contributed by atoms with van der Waals surface area (Å²) in [5.41, 5.74) is 3.27. The van der Waals surface area contributed by atoms with E-state index >= 15 is 0 Å². The zero-order chi connectivity index (χ0) is 18.6. The maximum absolute atomic E-state index is 6.04. The molecule has 0 saturated carbocycles. The molecule has 1 saturated heterocycles. The van der Waals surface area contributed by atoms with E-state index in [2.05, 4.69) is 46.1 Å². The first-order valence-corrected chi connectivity index (χ1v) is 9.22. The van der Waals surface area contributed by atoms with E-state index in [1.807, 2.05) is 37.3 Å². The number of rotatable bonds is 6. The van der Waals surface area contributed by atoms with Crippen molar-refractivity contribution >= 4 is 5.69 Å². The Labute approximate surface area is 159 Å². The quantitative estimate of drug-likeness (QED) is 0.649. The average Bonchev–Trinajstić information content (AvgIpc) is 3.38. The minimum absolute atomic E-state index is 0.0982. The molecule has 140 valence electrons. The summed E-state index contributed by atoms with van der Waals surface area (Å²) in [5.74, 6) is 1.73. The third kappa shape index (κ3) is 3.51. The van der Waals surface area contributed by atoms with Gasteiger partial charge >= 0.3 is 0 Å². The number of hydrogen-bond donors (Lipinski definition) is 0. The normalized spacial score (nSPS) is 16.5. The lowest BCUT2D eigenvalue weighted by molar-refractivity contribution is 0.114. The molecule has 0 bridgehead atoms. The highest BCUT2D eigenvalue weighted by Gasteiger charge is 2.28. The molecule has 0 N–H and O–H groups in total. The Morgan fingerprint density at radius 3 is 2.67 bits per heavy atom. The summed E-state index contributed by atoms with van der Waals surface area (Å²) in [6, 6.07) is 18.3. The second-order valence-electron chi connectivity index (χ2n) is 6.37. The van der Waals surface area contributed by atoms with Gasteiger partial charge in [0, 0.05) is 30.2 Å². The maximum atomic E-state index is 6.04. The van der Waals surface area contributed by atoms with Gasteiger partial charge < -0.3 is 23.7 Å². The zero-order valence-corrected chi connectivity index (χ0v) is 15.7. The van der Waals surface area contributed by atoms with E-state index < -0.39 is 0 Å². The van der Waals surface area contributed by atoms with Crippen molar-refractivity contribution in [3.05, 3.63) is 72.6 Å².